The van der Waals surface area contributed by atoms with Gasteiger partial charge in [-0.2, -0.15) is 0 Å². The van der Waals surface area contributed by atoms with Gasteiger partial charge in [-0.3, -0.25) is 0 Å². The van der Waals surface area contributed by atoms with E-state index in [4.69, 9.17) is 16.3 Å². The van der Waals surface area contributed by atoms with Crippen LogP contribution in [-0.4, -0.2) is 0 Å². The summed E-state index contributed by atoms with van der Waals surface area (Å²) in [5.74, 6) is 1.55. The van der Waals surface area contributed by atoms with Crippen molar-refractivity contribution in [2.75, 3.05) is 0 Å². The lowest BCUT2D eigenvalue weighted by Gasteiger charge is -2.10. The molecule has 0 aliphatic heterocycles. The molecule has 0 aromatic heterocycles. The van der Waals surface area contributed by atoms with E-state index in [0.717, 1.165) is 26.9 Å². The second kappa shape index (κ2) is 5.89. The van der Waals surface area contributed by atoms with E-state index < -0.39 is 0 Å². The quantitative estimate of drug-likeness (QED) is 0.616. The minimum absolute atomic E-state index is 0.665. The van der Waals surface area contributed by atoms with Crippen LogP contribution in [0.5, 0.6) is 11.5 Å². The third kappa shape index (κ3) is 3.47. The van der Waals surface area contributed by atoms with Crippen molar-refractivity contribution in [3.63, 3.8) is 0 Å². The van der Waals surface area contributed by atoms with Gasteiger partial charge in [-0.1, -0.05) is 55.6 Å². The molecule has 88 valence electrons. The van der Waals surface area contributed by atoms with Crippen LogP contribution >= 0.6 is 43.5 Å². The molecular weight excluding hydrogens is 367 g/mol. The molecule has 0 saturated carbocycles. The summed E-state index contributed by atoms with van der Waals surface area (Å²) < 4.78 is 6.80. The lowest BCUT2D eigenvalue weighted by Crippen LogP contribution is -1.89. The van der Waals surface area contributed by atoms with Crippen molar-refractivity contribution >= 4 is 43.5 Å². The van der Waals surface area contributed by atoms with Gasteiger partial charge in [0.1, 0.15) is 11.5 Å². The number of benzene rings is 2. The van der Waals surface area contributed by atoms with Gasteiger partial charge in [-0.25, -0.2) is 0 Å². The highest BCUT2D eigenvalue weighted by molar-refractivity contribution is 9.10. The van der Waals surface area contributed by atoms with Crippen LogP contribution in [0.2, 0.25) is 5.02 Å². The third-order valence-corrected chi connectivity index (χ3v) is 3.53. The molecule has 0 fully saturated rings. The first-order valence-corrected chi connectivity index (χ1v) is 7.26. The molecule has 0 saturated heterocycles. The summed E-state index contributed by atoms with van der Waals surface area (Å²) in [6.07, 6.45) is 0. The van der Waals surface area contributed by atoms with Gasteiger partial charge >= 0.3 is 0 Å². The Morgan fingerprint density at radius 3 is 2.65 bits per heavy atom. The van der Waals surface area contributed by atoms with Crippen LogP contribution in [0, 0.1) is 0 Å². The smallest absolute Gasteiger partial charge is 0.132 e. The molecule has 0 atom stereocenters. The summed E-state index contributed by atoms with van der Waals surface area (Å²) in [6.45, 7) is 0. The summed E-state index contributed by atoms with van der Waals surface area (Å²) in [6, 6.07) is 13.3. The van der Waals surface area contributed by atoms with E-state index in [1.54, 1.807) is 6.07 Å². The van der Waals surface area contributed by atoms with Crippen molar-refractivity contribution in [3.8, 4) is 11.5 Å². The SMILES string of the molecule is Clc1cccc(Oc2cc(Br)ccc2CBr)c1. The molecule has 2 rings (SSSR count). The predicted octanol–water partition coefficient (Wildman–Crippen LogP) is 5.79. The Hall–Kier alpha value is -0.510. The molecule has 17 heavy (non-hydrogen) atoms. The summed E-state index contributed by atoms with van der Waals surface area (Å²) in [5.41, 5.74) is 1.09. The van der Waals surface area contributed by atoms with Crippen molar-refractivity contribution in [1.82, 2.24) is 0 Å². The predicted molar refractivity (Wildman–Crippen MR) is 78.3 cm³/mol. The van der Waals surface area contributed by atoms with E-state index >= 15 is 0 Å². The minimum Gasteiger partial charge on any atom is -0.457 e. The molecule has 0 amide bonds. The zero-order chi connectivity index (χ0) is 12.3. The fraction of sp³-hybridized carbons (Fsp3) is 0.0769. The Morgan fingerprint density at radius 2 is 1.94 bits per heavy atom. The number of alkyl halides is 1. The number of ether oxygens (including phenoxy) is 1. The largest absolute Gasteiger partial charge is 0.457 e. The maximum atomic E-state index is 5.92. The van der Waals surface area contributed by atoms with Crippen LogP contribution in [0.15, 0.2) is 46.9 Å². The van der Waals surface area contributed by atoms with E-state index in [1.165, 1.54) is 0 Å². The van der Waals surface area contributed by atoms with Crippen LogP contribution in [0.25, 0.3) is 0 Å². The Bertz CT molecular complexity index is 529. The summed E-state index contributed by atoms with van der Waals surface area (Å²) in [5, 5.41) is 1.41. The van der Waals surface area contributed by atoms with Gasteiger partial charge in [0.15, 0.2) is 0 Å². The summed E-state index contributed by atoms with van der Waals surface area (Å²) in [4.78, 5) is 0. The molecule has 0 radical (unpaired) electrons. The maximum Gasteiger partial charge on any atom is 0.132 e. The van der Waals surface area contributed by atoms with Gasteiger partial charge in [-0.05, 0) is 30.3 Å². The van der Waals surface area contributed by atoms with Crippen molar-refractivity contribution in [2.24, 2.45) is 0 Å². The van der Waals surface area contributed by atoms with Gasteiger partial charge in [0.2, 0.25) is 0 Å². The second-order valence-electron chi connectivity index (χ2n) is 3.45. The molecular formula is C13H9Br2ClO. The van der Waals surface area contributed by atoms with Crippen molar-refractivity contribution in [2.45, 2.75) is 5.33 Å². The molecule has 0 unspecified atom stereocenters. The summed E-state index contributed by atoms with van der Waals surface area (Å²) >= 11 is 12.8. The fourth-order valence-corrected chi connectivity index (χ4v) is 2.37. The monoisotopic (exact) mass is 374 g/mol. The molecule has 2 aromatic carbocycles. The Labute approximate surface area is 122 Å². The van der Waals surface area contributed by atoms with E-state index in [1.807, 2.05) is 36.4 Å². The molecule has 2 aromatic rings. The fourth-order valence-electron chi connectivity index (χ4n) is 1.39. The Kier molecular flexibility index (Phi) is 4.48. The number of halogens is 3. The maximum absolute atomic E-state index is 5.92. The van der Waals surface area contributed by atoms with E-state index in [0.29, 0.717) is 5.02 Å². The Balaban J connectivity index is 2.32. The zero-order valence-corrected chi connectivity index (χ0v) is 12.7. The molecule has 0 bridgehead atoms. The van der Waals surface area contributed by atoms with Crippen LogP contribution < -0.4 is 4.74 Å². The zero-order valence-electron chi connectivity index (χ0n) is 8.79. The lowest BCUT2D eigenvalue weighted by atomic mass is 10.2. The lowest BCUT2D eigenvalue weighted by molar-refractivity contribution is 0.478. The highest BCUT2D eigenvalue weighted by Gasteiger charge is 2.05. The van der Waals surface area contributed by atoms with Gasteiger partial charge in [0, 0.05) is 20.4 Å². The summed E-state index contributed by atoms with van der Waals surface area (Å²) in [7, 11) is 0. The van der Waals surface area contributed by atoms with Gasteiger partial charge in [0.05, 0.1) is 0 Å². The molecule has 0 aliphatic rings. The first-order valence-electron chi connectivity index (χ1n) is 4.97. The van der Waals surface area contributed by atoms with Crippen molar-refractivity contribution in [3.05, 3.63) is 57.5 Å². The molecule has 0 spiro atoms. The molecule has 0 heterocycles. The molecule has 0 aliphatic carbocycles. The first kappa shape index (κ1) is 12.9. The van der Waals surface area contributed by atoms with Crippen LogP contribution in [0.1, 0.15) is 5.56 Å². The normalized spacial score (nSPS) is 10.3. The van der Waals surface area contributed by atoms with Gasteiger partial charge < -0.3 is 4.74 Å². The molecule has 0 N–H and O–H groups in total. The van der Waals surface area contributed by atoms with Crippen LogP contribution in [0.3, 0.4) is 0 Å². The second-order valence-corrected chi connectivity index (χ2v) is 5.36. The number of hydrogen-bond donors (Lipinski definition) is 0. The first-order chi connectivity index (χ1) is 8.19. The highest BCUT2D eigenvalue weighted by atomic mass is 79.9. The van der Waals surface area contributed by atoms with Gasteiger partial charge in [-0.15, -0.1) is 0 Å². The molecule has 4 heteroatoms. The number of hydrogen-bond acceptors (Lipinski definition) is 1. The van der Waals surface area contributed by atoms with Crippen LogP contribution in [-0.2, 0) is 5.33 Å². The van der Waals surface area contributed by atoms with Crippen molar-refractivity contribution < 1.29 is 4.74 Å². The Morgan fingerprint density at radius 1 is 1.12 bits per heavy atom. The minimum atomic E-state index is 0.665. The third-order valence-electron chi connectivity index (χ3n) is 2.20. The van der Waals surface area contributed by atoms with E-state index in [2.05, 4.69) is 31.9 Å². The average molecular weight is 376 g/mol. The average Bonchev–Trinajstić information content (AvgIpc) is 2.29. The standard InChI is InChI=1S/C13H9Br2ClO/c14-8-9-4-5-10(15)6-13(9)17-12-3-1-2-11(16)7-12/h1-7H,8H2. The number of rotatable bonds is 3. The molecule has 1 nitrogen and oxygen atoms in total. The van der Waals surface area contributed by atoms with Crippen LogP contribution in [0.4, 0.5) is 0 Å². The van der Waals surface area contributed by atoms with E-state index in [9.17, 15) is 0 Å². The van der Waals surface area contributed by atoms with Gasteiger partial charge in [0.25, 0.3) is 0 Å². The van der Waals surface area contributed by atoms with E-state index in [-0.39, 0.29) is 0 Å². The van der Waals surface area contributed by atoms with Crippen molar-refractivity contribution in [1.29, 1.82) is 0 Å². The highest BCUT2D eigenvalue weighted by Crippen LogP contribution is 2.30. The topological polar surface area (TPSA) is 9.23 Å².